The van der Waals surface area contributed by atoms with Gasteiger partial charge in [0, 0.05) is 10.9 Å². The van der Waals surface area contributed by atoms with Crippen LogP contribution in [-0.2, 0) is 4.74 Å². The molecule has 0 radical (unpaired) electrons. The summed E-state index contributed by atoms with van der Waals surface area (Å²) in [6, 6.07) is 0.476. The molecule has 0 aromatic carbocycles. The number of hydrogen-bond donors (Lipinski definition) is 1. The van der Waals surface area contributed by atoms with Gasteiger partial charge in [-0.3, -0.25) is 0 Å². The minimum atomic E-state index is -0.320. The number of aromatic nitrogens is 1. The SMILES string of the molecule is CCOC(=O)c1nc(NC2CCC(C)(C)CC2)sc1C. The molecule has 0 bridgehead atoms. The number of rotatable bonds is 4. The van der Waals surface area contributed by atoms with Crippen LogP contribution >= 0.6 is 11.3 Å². The number of carbonyl (C=O) groups excluding carboxylic acids is 1. The molecule has 1 aliphatic rings. The highest BCUT2D eigenvalue weighted by atomic mass is 32.1. The van der Waals surface area contributed by atoms with E-state index in [0.717, 1.165) is 10.0 Å². The van der Waals surface area contributed by atoms with Crippen LogP contribution in [0.1, 0.15) is 61.8 Å². The van der Waals surface area contributed by atoms with Crippen LogP contribution in [0.2, 0.25) is 0 Å². The number of anilines is 1. The summed E-state index contributed by atoms with van der Waals surface area (Å²) in [6.45, 7) is 8.77. The molecule has 1 N–H and O–H groups in total. The van der Waals surface area contributed by atoms with Crippen LogP contribution in [0, 0.1) is 12.3 Å². The second-order valence-electron chi connectivity index (χ2n) is 6.23. The summed E-state index contributed by atoms with van der Waals surface area (Å²) < 4.78 is 5.02. The Hall–Kier alpha value is -1.10. The second kappa shape index (κ2) is 6.12. The zero-order valence-corrected chi connectivity index (χ0v) is 13.6. The fourth-order valence-corrected chi connectivity index (χ4v) is 3.44. The number of nitrogens with one attached hydrogen (secondary N) is 1. The first-order chi connectivity index (χ1) is 9.41. The number of aryl methyl sites for hydroxylation is 1. The highest BCUT2D eigenvalue weighted by Crippen LogP contribution is 2.36. The summed E-state index contributed by atoms with van der Waals surface area (Å²) in [5.41, 5.74) is 0.920. The Morgan fingerprint density at radius 1 is 1.45 bits per heavy atom. The van der Waals surface area contributed by atoms with Gasteiger partial charge in [0.25, 0.3) is 0 Å². The molecule has 0 spiro atoms. The molecule has 4 nitrogen and oxygen atoms in total. The zero-order chi connectivity index (χ0) is 14.8. The largest absolute Gasteiger partial charge is 0.461 e. The monoisotopic (exact) mass is 296 g/mol. The quantitative estimate of drug-likeness (QED) is 0.853. The molecular formula is C15H24N2O2S. The van der Waals surface area contributed by atoms with Crippen LogP contribution in [0.4, 0.5) is 5.13 Å². The van der Waals surface area contributed by atoms with Crippen molar-refractivity contribution in [2.45, 2.75) is 59.4 Å². The first-order valence-electron chi connectivity index (χ1n) is 7.32. The van der Waals surface area contributed by atoms with Crippen molar-refractivity contribution in [2.24, 2.45) is 5.41 Å². The predicted octanol–water partition coefficient (Wildman–Crippen LogP) is 4.01. The van der Waals surface area contributed by atoms with Crippen LogP contribution in [0.3, 0.4) is 0 Å². The molecule has 20 heavy (non-hydrogen) atoms. The van der Waals surface area contributed by atoms with Crippen molar-refractivity contribution in [3.05, 3.63) is 10.6 Å². The van der Waals surface area contributed by atoms with Gasteiger partial charge in [-0.15, -0.1) is 11.3 Å². The molecule has 1 aromatic rings. The Morgan fingerprint density at radius 2 is 2.10 bits per heavy atom. The van der Waals surface area contributed by atoms with E-state index < -0.39 is 0 Å². The lowest BCUT2D eigenvalue weighted by molar-refractivity contribution is 0.0519. The lowest BCUT2D eigenvalue weighted by Crippen LogP contribution is -2.29. The topological polar surface area (TPSA) is 51.2 Å². The summed E-state index contributed by atoms with van der Waals surface area (Å²) in [7, 11) is 0. The van der Waals surface area contributed by atoms with E-state index in [2.05, 4.69) is 24.1 Å². The number of nitrogens with zero attached hydrogens (tertiary/aromatic N) is 1. The van der Waals surface area contributed by atoms with Crippen LogP contribution in [0.5, 0.6) is 0 Å². The standard InChI is InChI=1S/C15H24N2O2S/c1-5-19-13(18)12-10(2)20-14(17-12)16-11-6-8-15(3,4)9-7-11/h11H,5-9H2,1-4H3,(H,16,17). The summed E-state index contributed by atoms with van der Waals surface area (Å²) in [5.74, 6) is -0.320. The number of esters is 1. The van der Waals surface area contributed by atoms with Gasteiger partial charge in [-0.2, -0.15) is 0 Å². The Morgan fingerprint density at radius 3 is 2.70 bits per heavy atom. The van der Waals surface area contributed by atoms with Crippen molar-refractivity contribution in [3.8, 4) is 0 Å². The molecule has 1 aromatic heterocycles. The normalized spacial score (nSPS) is 18.8. The smallest absolute Gasteiger partial charge is 0.358 e. The third kappa shape index (κ3) is 3.72. The van der Waals surface area contributed by atoms with E-state index in [9.17, 15) is 4.79 Å². The van der Waals surface area contributed by atoms with E-state index in [1.54, 1.807) is 0 Å². The van der Waals surface area contributed by atoms with Crippen molar-refractivity contribution >= 4 is 22.4 Å². The van der Waals surface area contributed by atoms with Gasteiger partial charge >= 0.3 is 5.97 Å². The Balaban J connectivity index is 1.97. The number of hydrogen-bond acceptors (Lipinski definition) is 5. The maximum absolute atomic E-state index is 11.8. The van der Waals surface area contributed by atoms with Gasteiger partial charge in [0.2, 0.25) is 0 Å². The molecule has 5 heteroatoms. The predicted molar refractivity (Wildman–Crippen MR) is 82.5 cm³/mol. The summed E-state index contributed by atoms with van der Waals surface area (Å²) in [4.78, 5) is 17.1. The molecular weight excluding hydrogens is 272 g/mol. The average Bonchev–Trinajstić information content (AvgIpc) is 2.73. The van der Waals surface area contributed by atoms with Crippen LogP contribution in [-0.4, -0.2) is 23.6 Å². The Bertz CT molecular complexity index is 472. The van der Waals surface area contributed by atoms with E-state index in [1.165, 1.54) is 37.0 Å². The van der Waals surface area contributed by atoms with Crippen LogP contribution in [0.25, 0.3) is 0 Å². The third-order valence-corrected chi connectivity index (χ3v) is 4.83. The van der Waals surface area contributed by atoms with Gasteiger partial charge in [0.1, 0.15) is 0 Å². The van der Waals surface area contributed by atoms with Crippen LogP contribution < -0.4 is 5.32 Å². The first-order valence-corrected chi connectivity index (χ1v) is 8.14. The number of ether oxygens (including phenoxy) is 1. The van der Waals surface area contributed by atoms with E-state index in [1.807, 2.05) is 13.8 Å². The van der Waals surface area contributed by atoms with Crippen molar-refractivity contribution in [2.75, 3.05) is 11.9 Å². The number of carbonyl (C=O) groups is 1. The summed E-state index contributed by atoms with van der Waals surface area (Å²) >= 11 is 1.54. The van der Waals surface area contributed by atoms with E-state index >= 15 is 0 Å². The lowest BCUT2D eigenvalue weighted by Gasteiger charge is -2.34. The molecule has 112 valence electrons. The average molecular weight is 296 g/mol. The highest BCUT2D eigenvalue weighted by Gasteiger charge is 2.27. The van der Waals surface area contributed by atoms with E-state index in [-0.39, 0.29) is 5.97 Å². The first kappa shape index (κ1) is 15.3. The molecule has 0 atom stereocenters. The molecule has 0 unspecified atom stereocenters. The minimum Gasteiger partial charge on any atom is -0.461 e. The number of thiazole rings is 1. The summed E-state index contributed by atoms with van der Waals surface area (Å²) in [5, 5.41) is 4.32. The van der Waals surface area contributed by atoms with Crippen molar-refractivity contribution in [1.29, 1.82) is 0 Å². The molecule has 2 rings (SSSR count). The van der Waals surface area contributed by atoms with Gasteiger partial charge < -0.3 is 10.1 Å². The highest BCUT2D eigenvalue weighted by molar-refractivity contribution is 7.15. The van der Waals surface area contributed by atoms with Crippen molar-refractivity contribution < 1.29 is 9.53 Å². The van der Waals surface area contributed by atoms with E-state index in [0.29, 0.717) is 23.8 Å². The fourth-order valence-electron chi connectivity index (χ4n) is 2.57. The Labute approximate surface area is 124 Å². The zero-order valence-electron chi connectivity index (χ0n) is 12.8. The molecule has 0 saturated heterocycles. The van der Waals surface area contributed by atoms with Gasteiger partial charge in [-0.1, -0.05) is 13.8 Å². The van der Waals surface area contributed by atoms with E-state index in [4.69, 9.17) is 4.74 Å². The maximum atomic E-state index is 11.8. The summed E-state index contributed by atoms with van der Waals surface area (Å²) in [6.07, 6.45) is 4.81. The Kier molecular flexibility index (Phi) is 4.68. The maximum Gasteiger partial charge on any atom is 0.358 e. The van der Waals surface area contributed by atoms with Crippen LogP contribution in [0.15, 0.2) is 0 Å². The molecule has 1 aliphatic carbocycles. The van der Waals surface area contributed by atoms with Crippen molar-refractivity contribution in [1.82, 2.24) is 4.98 Å². The lowest BCUT2D eigenvalue weighted by atomic mass is 9.76. The second-order valence-corrected chi connectivity index (χ2v) is 7.43. The molecule has 1 saturated carbocycles. The molecule has 0 aliphatic heterocycles. The molecule has 1 fully saturated rings. The molecule has 1 heterocycles. The van der Waals surface area contributed by atoms with Gasteiger partial charge in [-0.25, -0.2) is 9.78 Å². The van der Waals surface area contributed by atoms with Crippen molar-refractivity contribution in [3.63, 3.8) is 0 Å². The third-order valence-electron chi connectivity index (χ3n) is 3.93. The fraction of sp³-hybridized carbons (Fsp3) is 0.733. The van der Waals surface area contributed by atoms with Gasteiger partial charge in [-0.05, 0) is 44.9 Å². The van der Waals surface area contributed by atoms with Gasteiger partial charge in [0.05, 0.1) is 6.61 Å². The molecule has 0 amide bonds. The minimum absolute atomic E-state index is 0.320. The van der Waals surface area contributed by atoms with Gasteiger partial charge in [0.15, 0.2) is 10.8 Å².